The van der Waals surface area contributed by atoms with Gasteiger partial charge in [-0.15, -0.1) is 0 Å². The summed E-state index contributed by atoms with van der Waals surface area (Å²) in [6.07, 6.45) is 2.06. The number of carbonyl (C=O) groups excluding carboxylic acids is 1. The normalized spacial score (nSPS) is 10.5. The summed E-state index contributed by atoms with van der Waals surface area (Å²) in [5.74, 6) is 1.10. The second-order valence-electron chi connectivity index (χ2n) is 5.51. The third kappa shape index (κ3) is 3.52. The molecule has 25 heavy (non-hydrogen) atoms. The SMILES string of the molecule is COc1cc(NC(=O)Cc2cn(OC)c3ccccc23)cc(OC)c1. The largest absolute Gasteiger partial charge is 0.497 e. The molecule has 0 unspecified atom stereocenters. The summed E-state index contributed by atoms with van der Waals surface area (Å²) in [7, 11) is 4.73. The lowest BCUT2D eigenvalue weighted by molar-refractivity contribution is -0.115. The molecule has 0 saturated carbocycles. The molecule has 3 aromatic rings. The predicted molar refractivity (Wildman–Crippen MR) is 96.3 cm³/mol. The van der Waals surface area contributed by atoms with Crippen LogP contribution >= 0.6 is 0 Å². The summed E-state index contributed by atoms with van der Waals surface area (Å²) in [5, 5.41) is 3.87. The van der Waals surface area contributed by atoms with Crippen LogP contribution in [0.25, 0.3) is 10.9 Å². The molecule has 0 radical (unpaired) electrons. The number of amides is 1. The zero-order valence-electron chi connectivity index (χ0n) is 14.4. The van der Waals surface area contributed by atoms with E-state index in [-0.39, 0.29) is 12.3 Å². The average Bonchev–Trinajstić information content (AvgIpc) is 2.99. The first kappa shape index (κ1) is 16.7. The molecule has 0 aliphatic heterocycles. The van der Waals surface area contributed by atoms with E-state index in [1.165, 1.54) is 0 Å². The quantitative estimate of drug-likeness (QED) is 0.749. The van der Waals surface area contributed by atoms with E-state index in [1.807, 2.05) is 30.5 Å². The van der Waals surface area contributed by atoms with E-state index in [1.54, 1.807) is 44.3 Å². The van der Waals surface area contributed by atoms with Crippen LogP contribution in [0.2, 0.25) is 0 Å². The van der Waals surface area contributed by atoms with Crippen LogP contribution in [0.1, 0.15) is 5.56 Å². The number of methoxy groups -OCH3 is 2. The number of nitrogens with one attached hydrogen (secondary N) is 1. The number of para-hydroxylation sites is 1. The van der Waals surface area contributed by atoms with Gasteiger partial charge in [0.25, 0.3) is 0 Å². The minimum Gasteiger partial charge on any atom is -0.497 e. The number of benzene rings is 2. The van der Waals surface area contributed by atoms with Gasteiger partial charge in [-0.3, -0.25) is 4.79 Å². The molecule has 1 N–H and O–H groups in total. The van der Waals surface area contributed by atoms with Gasteiger partial charge in [0.05, 0.1) is 26.2 Å². The van der Waals surface area contributed by atoms with Gasteiger partial charge in [0, 0.05) is 35.5 Å². The number of hydrogen-bond acceptors (Lipinski definition) is 4. The zero-order chi connectivity index (χ0) is 17.8. The Kier molecular flexibility index (Phi) is 4.79. The molecule has 0 bridgehead atoms. The molecule has 0 spiro atoms. The van der Waals surface area contributed by atoms with Crippen molar-refractivity contribution in [3.8, 4) is 11.5 Å². The van der Waals surface area contributed by atoms with Crippen molar-refractivity contribution >= 4 is 22.5 Å². The Bertz CT molecular complexity index is 879. The maximum Gasteiger partial charge on any atom is 0.228 e. The summed E-state index contributed by atoms with van der Waals surface area (Å²) < 4.78 is 12.1. The van der Waals surface area contributed by atoms with E-state index in [2.05, 4.69) is 5.32 Å². The number of ether oxygens (including phenoxy) is 2. The van der Waals surface area contributed by atoms with Crippen molar-refractivity contribution in [2.75, 3.05) is 26.6 Å². The lowest BCUT2D eigenvalue weighted by atomic mass is 10.1. The van der Waals surface area contributed by atoms with Crippen LogP contribution in [-0.2, 0) is 11.2 Å². The summed E-state index contributed by atoms with van der Waals surface area (Å²) in [6.45, 7) is 0. The molecule has 1 aromatic heterocycles. The second kappa shape index (κ2) is 7.17. The first-order chi connectivity index (χ1) is 12.1. The molecule has 3 rings (SSSR count). The highest BCUT2D eigenvalue weighted by atomic mass is 16.6. The maximum absolute atomic E-state index is 12.5. The van der Waals surface area contributed by atoms with Gasteiger partial charge >= 0.3 is 0 Å². The van der Waals surface area contributed by atoms with Crippen molar-refractivity contribution in [1.29, 1.82) is 0 Å². The van der Waals surface area contributed by atoms with Gasteiger partial charge in [0.1, 0.15) is 18.6 Å². The number of nitrogens with zero attached hydrogens (tertiary/aromatic N) is 1. The van der Waals surface area contributed by atoms with Crippen molar-refractivity contribution in [2.45, 2.75) is 6.42 Å². The molecule has 0 atom stereocenters. The third-order valence-corrected chi connectivity index (χ3v) is 3.94. The van der Waals surface area contributed by atoms with E-state index in [0.717, 1.165) is 16.5 Å². The molecule has 6 nitrogen and oxygen atoms in total. The fraction of sp³-hybridized carbons (Fsp3) is 0.211. The van der Waals surface area contributed by atoms with Crippen LogP contribution in [-0.4, -0.2) is 32.0 Å². The molecule has 2 aromatic carbocycles. The van der Waals surface area contributed by atoms with Gasteiger partial charge in [0.15, 0.2) is 0 Å². The Hall–Kier alpha value is -3.15. The maximum atomic E-state index is 12.5. The van der Waals surface area contributed by atoms with Crippen LogP contribution in [0.5, 0.6) is 11.5 Å². The number of hydrogen-bond donors (Lipinski definition) is 1. The van der Waals surface area contributed by atoms with E-state index >= 15 is 0 Å². The monoisotopic (exact) mass is 340 g/mol. The van der Waals surface area contributed by atoms with Crippen molar-refractivity contribution in [3.05, 3.63) is 54.2 Å². The number of fused-ring (bicyclic) bond motifs is 1. The van der Waals surface area contributed by atoms with Crippen LogP contribution in [0.3, 0.4) is 0 Å². The van der Waals surface area contributed by atoms with Gasteiger partial charge in [-0.1, -0.05) is 18.2 Å². The van der Waals surface area contributed by atoms with Crippen molar-refractivity contribution in [1.82, 2.24) is 4.73 Å². The summed E-state index contributed by atoms with van der Waals surface area (Å²) in [5.41, 5.74) is 2.44. The van der Waals surface area contributed by atoms with Gasteiger partial charge < -0.3 is 19.6 Å². The molecule has 0 saturated heterocycles. The highest BCUT2D eigenvalue weighted by Gasteiger charge is 2.13. The predicted octanol–water partition coefficient (Wildman–Crippen LogP) is 2.90. The molecule has 6 heteroatoms. The second-order valence-corrected chi connectivity index (χ2v) is 5.51. The smallest absolute Gasteiger partial charge is 0.228 e. The van der Waals surface area contributed by atoms with Crippen LogP contribution in [0, 0.1) is 0 Å². The zero-order valence-corrected chi connectivity index (χ0v) is 14.4. The van der Waals surface area contributed by atoms with Gasteiger partial charge in [-0.25, -0.2) is 0 Å². The number of aromatic nitrogens is 1. The molecular weight excluding hydrogens is 320 g/mol. The minimum atomic E-state index is -0.130. The molecule has 130 valence electrons. The summed E-state index contributed by atoms with van der Waals surface area (Å²) >= 11 is 0. The average molecular weight is 340 g/mol. The number of carbonyl (C=O) groups is 1. The highest BCUT2D eigenvalue weighted by molar-refractivity contribution is 5.96. The van der Waals surface area contributed by atoms with Crippen molar-refractivity contribution in [3.63, 3.8) is 0 Å². The van der Waals surface area contributed by atoms with Crippen LogP contribution in [0.4, 0.5) is 5.69 Å². The lowest BCUT2D eigenvalue weighted by Gasteiger charge is -2.09. The van der Waals surface area contributed by atoms with Gasteiger partial charge in [-0.2, -0.15) is 4.73 Å². The molecular formula is C19H20N2O4. The molecule has 1 heterocycles. The van der Waals surface area contributed by atoms with Crippen LogP contribution in [0.15, 0.2) is 48.7 Å². The Morgan fingerprint density at radius 1 is 1.04 bits per heavy atom. The van der Waals surface area contributed by atoms with Crippen molar-refractivity contribution in [2.24, 2.45) is 0 Å². The third-order valence-electron chi connectivity index (χ3n) is 3.94. The van der Waals surface area contributed by atoms with E-state index in [4.69, 9.17) is 14.3 Å². The standard InChI is InChI=1S/C19H20N2O4/c1-23-15-9-14(10-16(11-15)24-2)20-19(22)8-13-12-21(25-3)18-7-5-4-6-17(13)18/h4-7,9-12H,8H2,1-3H3,(H,20,22). The Morgan fingerprint density at radius 2 is 1.72 bits per heavy atom. The number of rotatable bonds is 6. The fourth-order valence-electron chi connectivity index (χ4n) is 2.77. The Balaban J connectivity index is 1.82. The first-order valence-corrected chi connectivity index (χ1v) is 7.81. The first-order valence-electron chi connectivity index (χ1n) is 7.81. The molecule has 0 fully saturated rings. The minimum absolute atomic E-state index is 0.130. The molecule has 1 amide bonds. The Labute approximate surface area is 145 Å². The fourth-order valence-corrected chi connectivity index (χ4v) is 2.77. The highest BCUT2D eigenvalue weighted by Crippen LogP contribution is 2.26. The van der Waals surface area contributed by atoms with Crippen LogP contribution < -0.4 is 19.6 Å². The van der Waals surface area contributed by atoms with E-state index < -0.39 is 0 Å². The summed E-state index contributed by atoms with van der Waals surface area (Å²) in [4.78, 5) is 17.8. The Morgan fingerprint density at radius 3 is 2.36 bits per heavy atom. The molecule has 0 aliphatic rings. The van der Waals surface area contributed by atoms with Gasteiger partial charge in [-0.05, 0) is 11.6 Å². The lowest BCUT2D eigenvalue weighted by Crippen LogP contribution is -2.14. The van der Waals surface area contributed by atoms with E-state index in [0.29, 0.717) is 17.2 Å². The molecule has 0 aliphatic carbocycles. The number of anilines is 1. The van der Waals surface area contributed by atoms with Gasteiger partial charge in [0.2, 0.25) is 5.91 Å². The summed E-state index contributed by atoms with van der Waals surface area (Å²) in [6, 6.07) is 13.1. The van der Waals surface area contributed by atoms with E-state index in [9.17, 15) is 4.79 Å². The van der Waals surface area contributed by atoms with Crippen molar-refractivity contribution < 1.29 is 19.1 Å². The topological polar surface area (TPSA) is 61.7 Å².